The Hall–Kier alpha value is -3.95. The zero-order valence-corrected chi connectivity index (χ0v) is 24.4. The van der Waals surface area contributed by atoms with Gasteiger partial charge in [-0.3, -0.25) is 4.98 Å². The van der Waals surface area contributed by atoms with Gasteiger partial charge in [0.05, 0.1) is 5.38 Å². The van der Waals surface area contributed by atoms with E-state index in [1.54, 1.807) is 0 Å². The first-order valence-corrected chi connectivity index (χ1v) is 15.8. The van der Waals surface area contributed by atoms with Crippen molar-refractivity contribution in [2.75, 3.05) is 0 Å². The average Bonchev–Trinajstić information content (AvgIpc) is 3.37. The van der Waals surface area contributed by atoms with E-state index in [2.05, 4.69) is 144 Å². The molecule has 0 radical (unpaired) electrons. The summed E-state index contributed by atoms with van der Waals surface area (Å²) in [6.07, 6.45) is 1.92. The summed E-state index contributed by atoms with van der Waals surface area (Å²) >= 11 is 0. The standard InChI is InChI=1S/C36H35NOSi/c1-25(2)32-23-28(22-26-14-12-13-19-31(26)32)34-35-27(20-21-37-34)24-33(38-35)39(36(3,4)5,29-15-8-6-9-16-29)30-17-10-7-11-18-30/h6-25H,1-5H3. The molecule has 0 spiro atoms. The predicted molar refractivity (Wildman–Crippen MR) is 168 cm³/mol. The van der Waals surface area contributed by atoms with E-state index in [4.69, 9.17) is 9.40 Å². The molecule has 6 rings (SSSR count). The summed E-state index contributed by atoms with van der Waals surface area (Å²) in [6, 6.07) is 39.6. The van der Waals surface area contributed by atoms with Gasteiger partial charge >= 0.3 is 0 Å². The van der Waals surface area contributed by atoms with Crippen molar-refractivity contribution < 1.29 is 4.42 Å². The second-order valence-corrected chi connectivity index (χ2v) is 16.5. The Morgan fingerprint density at radius 3 is 1.92 bits per heavy atom. The lowest BCUT2D eigenvalue weighted by Crippen LogP contribution is -2.71. The zero-order chi connectivity index (χ0) is 27.2. The third kappa shape index (κ3) is 4.13. The van der Waals surface area contributed by atoms with Crippen LogP contribution in [0.25, 0.3) is 33.0 Å². The molecule has 6 aromatic rings. The number of pyridine rings is 1. The fraction of sp³-hybridized carbons (Fsp3) is 0.194. The van der Waals surface area contributed by atoms with E-state index < -0.39 is 8.07 Å². The first kappa shape index (κ1) is 25.3. The summed E-state index contributed by atoms with van der Waals surface area (Å²) in [6.45, 7) is 11.6. The summed E-state index contributed by atoms with van der Waals surface area (Å²) in [4.78, 5) is 4.91. The van der Waals surface area contributed by atoms with Crippen LogP contribution < -0.4 is 15.8 Å². The lowest BCUT2D eigenvalue weighted by molar-refractivity contribution is 0.635. The molecule has 2 nitrogen and oxygen atoms in total. The molecule has 0 saturated heterocycles. The molecule has 2 heterocycles. The van der Waals surface area contributed by atoms with Gasteiger partial charge in [-0.25, -0.2) is 0 Å². The van der Waals surface area contributed by atoms with E-state index in [-0.39, 0.29) is 5.04 Å². The van der Waals surface area contributed by atoms with Crippen LogP contribution in [0.4, 0.5) is 0 Å². The summed E-state index contributed by atoms with van der Waals surface area (Å²) in [5.41, 5.74) is 4.21. The number of hydrogen-bond acceptors (Lipinski definition) is 2. The van der Waals surface area contributed by atoms with Gasteiger partial charge in [-0.2, -0.15) is 0 Å². The van der Waals surface area contributed by atoms with Crippen LogP contribution in [0, 0.1) is 0 Å². The third-order valence-corrected chi connectivity index (χ3v) is 13.8. The van der Waals surface area contributed by atoms with Gasteiger partial charge in [0.25, 0.3) is 0 Å². The molecule has 0 unspecified atom stereocenters. The lowest BCUT2D eigenvalue weighted by Gasteiger charge is -2.42. The largest absolute Gasteiger partial charge is 0.463 e. The van der Waals surface area contributed by atoms with E-state index in [0.717, 1.165) is 27.6 Å². The Morgan fingerprint density at radius 1 is 0.692 bits per heavy atom. The molecular weight excluding hydrogens is 490 g/mol. The SMILES string of the molecule is CC(C)c1cc(-c2nccc3cc([Si](c4ccccc4)(c4ccccc4)C(C)(C)C)oc23)cc2ccccc12. The maximum absolute atomic E-state index is 7.07. The smallest absolute Gasteiger partial charge is 0.198 e. The molecule has 0 aliphatic rings. The van der Waals surface area contributed by atoms with Crippen LogP contribution >= 0.6 is 0 Å². The molecule has 3 heteroatoms. The number of aromatic nitrogens is 1. The molecule has 0 N–H and O–H groups in total. The van der Waals surface area contributed by atoms with Crippen molar-refractivity contribution in [3.8, 4) is 11.3 Å². The van der Waals surface area contributed by atoms with Crippen LogP contribution in [0.1, 0.15) is 46.1 Å². The van der Waals surface area contributed by atoms with Gasteiger partial charge in [0.1, 0.15) is 5.69 Å². The Bertz CT molecular complexity index is 1720. The predicted octanol–water partition coefficient (Wildman–Crippen LogP) is 8.04. The lowest BCUT2D eigenvalue weighted by atomic mass is 9.92. The van der Waals surface area contributed by atoms with Gasteiger partial charge in [0.2, 0.25) is 0 Å². The van der Waals surface area contributed by atoms with Crippen LogP contribution in [-0.4, -0.2) is 13.1 Å². The first-order chi connectivity index (χ1) is 18.8. The Balaban J connectivity index is 1.65. The summed E-state index contributed by atoms with van der Waals surface area (Å²) in [5, 5.41) is 7.36. The number of fused-ring (bicyclic) bond motifs is 2. The second kappa shape index (κ2) is 9.66. The van der Waals surface area contributed by atoms with Crippen molar-refractivity contribution in [1.29, 1.82) is 0 Å². The number of nitrogens with zero attached hydrogens (tertiary/aromatic N) is 1. The first-order valence-electron chi connectivity index (χ1n) is 13.8. The Labute approximate surface area is 232 Å². The summed E-state index contributed by atoms with van der Waals surface area (Å²) < 4.78 is 7.07. The molecule has 0 bridgehead atoms. The zero-order valence-electron chi connectivity index (χ0n) is 23.4. The van der Waals surface area contributed by atoms with E-state index in [1.807, 2.05) is 6.20 Å². The van der Waals surface area contributed by atoms with Gasteiger partial charge < -0.3 is 4.42 Å². The Morgan fingerprint density at radius 2 is 1.31 bits per heavy atom. The summed E-state index contributed by atoms with van der Waals surface area (Å²) in [5.74, 6) is 0.401. The van der Waals surface area contributed by atoms with Crippen LogP contribution in [0.5, 0.6) is 0 Å². The molecule has 2 aromatic heterocycles. The molecule has 0 aliphatic heterocycles. The molecule has 0 fully saturated rings. The quantitative estimate of drug-likeness (QED) is 0.213. The van der Waals surface area contributed by atoms with Gasteiger partial charge in [-0.1, -0.05) is 120 Å². The van der Waals surface area contributed by atoms with Crippen LogP contribution in [0.2, 0.25) is 5.04 Å². The molecule has 4 aromatic carbocycles. The average molecular weight is 526 g/mol. The minimum absolute atomic E-state index is 0.0507. The number of hydrogen-bond donors (Lipinski definition) is 0. The van der Waals surface area contributed by atoms with Gasteiger partial charge in [0, 0.05) is 17.1 Å². The number of benzene rings is 4. The van der Waals surface area contributed by atoms with E-state index >= 15 is 0 Å². The van der Waals surface area contributed by atoms with E-state index in [0.29, 0.717) is 5.92 Å². The Kier molecular flexibility index (Phi) is 6.27. The minimum Gasteiger partial charge on any atom is -0.463 e. The number of rotatable bonds is 5. The van der Waals surface area contributed by atoms with Gasteiger partial charge in [-0.15, -0.1) is 0 Å². The highest BCUT2D eigenvalue weighted by atomic mass is 28.3. The fourth-order valence-electron chi connectivity index (χ4n) is 6.37. The second-order valence-electron chi connectivity index (χ2n) is 11.9. The molecule has 0 atom stereocenters. The van der Waals surface area contributed by atoms with E-state index in [1.165, 1.54) is 26.7 Å². The highest BCUT2D eigenvalue weighted by Crippen LogP contribution is 2.39. The highest BCUT2D eigenvalue weighted by Gasteiger charge is 2.52. The molecular formula is C36H35NOSi. The number of furan rings is 1. The monoisotopic (exact) mass is 525 g/mol. The molecule has 0 aliphatic carbocycles. The van der Waals surface area contributed by atoms with Crippen LogP contribution in [-0.2, 0) is 0 Å². The normalized spacial score (nSPS) is 12.5. The molecule has 39 heavy (non-hydrogen) atoms. The highest BCUT2D eigenvalue weighted by molar-refractivity contribution is 7.12. The van der Waals surface area contributed by atoms with Crippen molar-refractivity contribution in [1.82, 2.24) is 4.98 Å². The van der Waals surface area contributed by atoms with Crippen molar-refractivity contribution in [2.24, 2.45) is 0 Å². The molecule has 194 valence electrons. The van der Waals surface area contributed by atoms with Crippen molar-refractivity contribution in [3.05, 3.63) is 121 Å². The maximum atomic E-state index is 7.07. The molecule has 0 saturated carbocycles. The minimum atomic E-state index is -2.60. The van der Waals surface area contributed by atoms with Gasteiger partial charge in [0.15, 0.2) is 13.7 Å². The van der Waals surface area contributed by atoms with Gasteiger partial charge in [-0.05, 0) is 61.9 Å². The molecule has 0 amide bonds. The topological polar surface area (TPSA) is 26.0 Å². The maximum Gasteiger partial charge on any atom is 0.198 e. The van der Waals surface area contributed by atoms with E-state index in [9.17, 15) is 0 Å². The van der Waals surface area contributed by atoms with Crippen molar-refractivity contribution >= 4 is 45.6 Å². The fourth-order valence-corrected chi connectivity index (χ4v) is 11.8. The van der Waals surface area contributed by atoms with Crippen molar-refractivity contribution in [3.63, 3.8) is 0 Å². The van der Waals surface area contributed by atoms with Crippen LogP contribution in [0.3, 0.4) is 0 Å². The van der Waals surface area contributed by atoms with Crippen LogP contribution in [0.15, 0.2) is 120 Å². The third-order valence-electron chi connectivity index (χ3n) is 8.13. The van der Waals surface area contributed by atoms with Crippen molar-refractivity contribution in [2.45, 2.75) is 45.6 Å². The summed E-state index contributed by atoms with van der Waals surface area (Å²) in [7, 11) is -2.60.